The first kappa shape index (κ1) is 12.6. The van der Waals surface area contributed by atoms with Gasteiger partial charge in [0.05, 0.1) is 5.56 Å². The maximum absolute atomic E-state index is 9.59. The summed E-state index contributed by atoms with van der Waals surface area (Å²) in [6.45, 7) is 0. The lowest BCUT2D eigenvalue weighted by Gasteiger charge is -2.04. The van der Waals surface area contributed by atoms with Crippen LogP contribution in [0.1, 0.15) is 11.1 Å². The van der Waals surface area contributed by atoms with Crippen LogP contribution in [0.15, 0.2) is 30.3 Å². The molecule has 0 atom stereocenters. The smallest absolute Gasteiger partial charge is 0.157 e. The number of phenolic OH excluding ortho intramolecular Hbond substituents is 5. The Balaban J connectivity index is 2.35. The zero-order valence-electron chi connectivity index (χ0n) is 9.78. The third kappa shape index (κ3) is 2.71. The first-order valence-corrected chi connectivity index (χ1v) is 5.42. The van der Waals surface area contributed by atoms with E-state index in [1.165, 1.54) is 24.3 Å². The highest BCUT2D eigenvalue weighted by atomic mass is 16.3. The Morgan fingerprint density at radius 3 is 1.84 bits per heavy atom. The molecule has 2 aromatic rings. The summed E-state index contributed by atoms with van der Waals surface area (Å²) < 4.78 is 0. The normalized spacial score (nSPS) is 10.9. The number of phenols is 5. The second kappa shape index (κ2) is 4.81. The average molecular weight is 260 g/mol. The fraction of sp³-hybridized carbons (Fsp3) is 0. The van der Waals surface area contributed by atoms with Gasteiger partial charge in [0.15, 0.2) is 11.5 Å². The van der Waals surface area contributed by atoms with Gasteiger partial charge in [-0.15, -0.1) is 0 Å². The van der Waals surface area contributed by atoms with Crippen LogP contribution >= 0.6 is 0 Å². The molecule has 0 aliphatic rings. The molecule has 5 heteroatoms. The van der Waals surface area contributed by atoms with Gasteiger partial charge in [-0.05, 0) is 23.8 Å². The van der Waals surface area contributed by atoms with Crippen LogP contribution < -0.4 is 0 Å². The summed E-state index contributed by atoms with van der Waals surface area (Å²) in [5.74, 6) is -1.27. The van der Waals surface area contributed by atoms with Crippen molar-refractivity contribution in [2.45, 2.75) is 0 Å². The molecule has 98 valence electrons. The van der Waals surface area contributed by atoms with Crippen molar-refractivity contribution in [2.75, 3.05) is 0 Å². The third-order valence-corrected chi connectivity index (χ3v) is 2.56. The quantitative estimate of drug-likeness (QED) is 0.421. The van der Waals surface area contributed by atoms with E-state index >= 15 is 0 Å². The van der Waals surface area contributed by atoms with Crippen LogP contribution in [0, 0.1) is 0 Å². The van der Waals surface area contributed by atoms with Gasteiger partial charge in [-0.1, -0.05) is 12.1 Å². The van der Waals surface area contributed by atoms with Crippen molar-refractivity contribution in [1.29, 1.82) is 0 Å². The predicted molar refractivity (Wildman–Crippen MR) is 70.1 cm³/mol. The number of hydrogen-bond donors (Lipinski definition) is 5. The second-order valence-corrected chi connectivity index (χ2v) is 3.98. The van der Waals surface area contributed by atoms with Gasteiger partial charge in [-0.3, -0.25) is 0 Å². The molecule has 5 nitrogen and oxygen atoms in total. The Bertz CT molecular complexity index is 623. The maximum atomic E-state index is 9.59. The van der Waals surface area contributed by atoms with E-state index in [1.54, 1.807) is 6.07 Å². The summed E-state index contributed by atoms with van der Waals surface area (Å²) >= 11 is 0. The molecular weight excluding hydrogens is 248 g/mol. The van der Waals surface area contributed by atoms with Gasteiger partial charge in [0.25, 0.3) is 0 Å². The molecule has 0 heterocycles. The van der Waals surface area contributed by atoms with E-state index < -0.39 is 0 Å². The molecule has 0 saturated heterocycles. The van der Waals surface area contributed by atoms with Crippen LogP contribution in [0.25, 0.3) is 12.2 Å². The number of aromatic hydroxyl groups is 5. The molecule has 0 radical (unpaired) electrons. The molecule has 0 amide bonds. The molecule has 0 aliphatic heterocycles. The number of hydrogen-bond acceptors (Lipinski definition) is 5. The van der Waals surface area contributed by atoms with E-state index in [0.717, 1.165) is 12.1 Å². The van der Waals surface area contributed by atoms with Crippen LogP contribution in [-0.4, -0.2) is 25.5 Å². The summed E-state index contributed by atoms with van der Waals surface area (Å²) in [5.41, 5.74) is 0.715. The minimum Gasteiger partial charge on any atom is -0.508 e. The van der Waals surface area contributed by atoms with E-state index in [0.29, 0.717) is 5.56 Å². The Morgan fingerprint density at radius 2 is 1.26 bits per heavy atom. The highest BCUT2D eigenvalue weighted by Gasteiger charge is 2.06. The zero-order valence-corrected chi connectivity index (χ0v) is 9.78. The highest BCUT2D eigenvalue weighted by Crippen LogP contribution is 2.33. The first-order valence-electron chi connectivity index (χ1n) is 5.42. The molecule has 0 unspecified atom stereocenters. The van der Waals surface area contributed by atoms with Crippen molar-refractivity contribution in [3.8, 4) is 28.7 Å². The van der Waals surface area contributed by atoms with Gasteiger partial charge < -0.3 is 25.5 Å². The van der Waals surface area contributed by atoms with Gasteiger partial charge in [0.1, 0.15) is 17.2 Å². The number of benzene rings is 2. The monoisotopic (exact) mass is 260 g/mol. The largest absolute Gasteiger partial charge is 0.508 e. The van der Waals surface area contributed by atoms with E-state index in [1.807, 2.05) is 0 Å². The summed E-state index contributed by atoms with van der Waals surface area (Å²) in [6, 6.07) is 6.42. The van der Waals surface area contributed by atoms with Crippen molar-refractivity contribution in [2.24, 2.45) is 0 Å². The van der Waals surface area contributed by atoms with E-state index in [9.17, 15) is 15.3 Å². The Hall–Kier alpha value is -2.82. The van der Waals surface area contributed by atoms with Gasteiger partial charge in [-0.2, -0.15) is 0 Å². The first-order chi connectivity index (χ1) is 8.97. The fourth-order valence-electron chi connectivity index (χ4n) is 1.60. The van der Waals surface area contributed by atoms with Crippen LogP contribution in [0.5, 0.6) is 28.7 Å². The molecule has 5 N–H and O–H groups in total. The molecule has 0 saturated carbocycles. The summed E-state index contributed by atoms with van der Waals surface area (Å²) in [6.07, 6.45) is 2.96. The SMILES string of the molecule is Oc1cc(O)c(/C=C/c2ccc(O)c(O)c2)c(O)c1. The van der Waals surface area contributed by atoms with Crippen LogP contribution in [-0.2, 0) is 0 Å². The van der Waals surface area contributed by atoms with Crippen LogP contribution in [0.2, 0.25) is 0 Å². The van der Waals surface area contributed by atoms with Crippen LogP contribution in [0.4, 0.5) is 0 Å². The average Bonchev–Trinajstić information content (AvgIpc) is 2.32. The van der Waals surface area contributed by atoms with Crippen molar-refractivity contribution in [1.82, 2.24) is 0 Å². The fourth-order valence-corrected chi connectivity index (χ4v) is 1.60. The van der Waals surface area contributed by atoms with Crippen molar-refractivity contribution in [3.63, 3.8) is 0 Å². The topological polar surface area (TPSA) is 101 Å². The molecule has 0 aromatic heterocycles. The van der Waals surface area contributed by atoms with Crippen LogP contribution in [0.3, 0.4) is 0 Å². The molecule has 0 aliphatic carbocycles. The second-order valence-electron chi connectivity index (χ2n) is 3.98. The third-order valence-electron chi connectivity index (χ3n) is 2.56. The predicted octanol–water partition coefficient (Wildman–Crippen LogP) is 2.38. The van der Waals surface area contributed by atoms with E-state index in [4.69, 9.17) is 10.2 Å². The van der Waals surface area contributed by atoms with Gasteiger partial charge in [-0.25, -0.2) is 0 Å². The van der Waals surface area contributed by atoms with Crippen molar-refractivity contribution < 1.29 is 25.5 Å². The van der Waals surface area contributed by atoms with Crippen molar-refractivity contribution >= 4 is 12.2 Å². The standard InChI is InChI=1S/C14H12O5/c15-9-6-12(17)10(13(18)7-9)3-1-8-2-4-11(16)14(19)5-8/h1-7,15-19H/b3-1+. The summed E-state index contributed by atoms with van der Waals surface area (Å²) in [7, 11) is 0. The molecule has 0 fully saturated rings. The summed E-state index contributed by atoms with van der Waals surface area (Å²) in [5, 5.41) is 46.8. The van der Waals surface area contributed by atoms with E-state index in [-0.39, 0.29) is 34.3 Å². The summed E-state index contributed by atoms with van der Waals surface area (Å²) in [4.78, 5) is 0. The minimum atomic E-state index is -0.267. The minimum absolute atomic E-state index is 0.144. The number of rotatable bonds is 2. The Kier molecular flexibility index (Phi) is 3.20. The highest BCUT2D eigenvalue weighted by molar-refractivity contribution is 5.76. The molecule has 19 heavy (non-hydrogen) atoms. The molecule has 2 rings (SSSR count). The molecular formula is C14H12O5. The lowest BCUT2D eigenvalue weighted by atomic mass is 10.1. The zero-order chi connectivity index (χ0) is 14.0. The van der Waals surface area contributed by atoms with Gasteiger partial charge in [0.2, 0.25) is 0 Å². The van der Waals surface area contributed by atoms with Crippen molar-refractivity contribution in [3.05, 3.63) is 41.5 Å². The van der Waals surface area contributed by atoms with E-state index in [2.05, 4.69) is 0 Å². The Morgan fingerprint density at radius 1 is 0.632 bits per heavy atom. The lowest BCUT2D eigenvalue weighted by Crippen LogP contribution is -1.78. The molecule has 0 bridgehead atoms. The molecule has 0 spiro atoms. The molecule has 2 aromatic carbocycles. The van der Waals surface area contributed by atoms with Gasteiger partial charge >= 0.3 is 0 Å². The Labute approximate surface area is 108 Å². The maximum Gasteiger partial charge on any atom is 0.157 e. The van der Waals surface area contributed by atoms with Gasteiger partial charge in [0, 0.05) is 12.1 Å². The lowest BCUT2D eigenvalue weighted by molar-refractivity contribution is 0.403.